The first-order chi connectivity index (χ1) is 16.6. The van der Waals surface area contributed by atoms with Gasteiger partial charge in [0.15, 0.2) is 0 Å². The van der Waals surface area contributed by atoms with Crippen molar-refractivity contribution in [3.63, 3.8) is 0 Å². The van der Waals surface area contributed by atoms with Crippen molar-refractivity contribution >= 4 is 17.8 Å². The zero-order chi connectivity index (χ0) is 25.4. The number of carbonyl (C=O) groups is 3. The average molecular weight is 483 g/mol. The monoisotopic (exact) mass is 482 g/mol. The van der Waals surface area contributed by atoms with Crippen molar-refractivity contribution < 1.29 is 14.4 Å². The maximum Gasteiger partial charge on any atom is 0.326 e. The highest BCUT2D eigenvalue weighted by molar-refractivity contribution is 6.07. The molecular weight excluding hydrogens is 440 g/mol. The minimum Gasteiger partial charge on any atom is -0.336 e. The van der Waals surface area contributed by atoms with Crippen LogP contribution in [0.4, 0.5) is 4.79 Å². The first kappa shape index (κ1) is 25.7. The van der Waals surface area contributed by atoms with Crippen LogP contribution in [-0.2, 0) is 4.79 Å². The number of nitrogens with one attached hydrogen (secondary N) is 1. The molecule has 1 aliphatic carbocycles. The van der Waals surface area contributed by atoms with Crippen molar-refractivity contribution in [2.75, 3.05) is 32.8 Å². The number of hydrogen-bond acceptors (Lipinski definition) is 4. The Kier molecular flexibility index (Phi) is 7.28. The van der Waals surface area contributed by atoms with Crippen LogP contribution in [0.1, 0.15) is 88.6 Å². The first-order valence-electron chi connectivity index (χ1n) is 13.3. The summed E-state index contributed by atoms with van der Waals surface area (Å²) in [7, 11) is 0. The molecule has 2 saturated heterocycles. The molecule has 7 nitrogen and oxygen atoms in total. The highest BCUT2D eigenvalue weighted by Crippen LogP contribution is 2.45. The van der Waals surface area contributed by atoms with Crippen LogP contribution in [0.5, 0.6) is 0 Å². The Bertz CT molecular complexity index is 939. The highest BCUT2D eigenvalue weighted by atomic mass is 16.2. The molecule has 2 aliphatic heterocycles. The smallest absolute Gasteiger partial charge is 0.326 e. The fourth-order valence-corrected chi connectivity index (χ4v) is 5.81. The van der Waals surface area contributed by atoms with Crippen molar-refractivity contribution in [2.45, 2.75) is 78.2 Å². The minimum atomic E-state index is -0.725. The molecule has 192 valence electrons. The largest absolute Gasteiger partial charge is 0.336 e. The molecule has 1 aromatic rings. The van der Waals surface area contributed by atoms with Crippen molar-refractivity contribution in [1.29, 1.82) is 0 Å². The van der Waals surface area contributed by atoms with Crippen molar-refractivity contribution in [2.24, 2.45) is 11.3 Å². The molecule has 0 radical (unpaired) electrons. The van der Waals surface area contributed by atoms with Crippen molar-refractivity contribution in [1.82, 2.24) is 20.0 Å². The van der Waals surface area contributed by atoms with E-state index in [9.17, 15) is 14.4 Å². The zero-order valence-corrected chi connectivity index (χ0v) is 22.1. The highest BCUT2D eigenvalue weighted by Gasteiger charge is 2.53. The molecule has 4 amide bonds. The summed E-state index contributed by atoms with van der Waals surface area (Å²) >= 11 is 0. The maximum atomic E-state index is 13.4. The zero-order valence-electron chi connectivity index (χ0n) is 22.1. The summed E-state index contributed by atoms with van der Waals surface area (Å²) in [6.07, 6.45) is 4.51. The van der Waals surface area contributed by atoms with Gasteiger partial charge in [-0.1, -0.05) is 53.2 Å². The Morgan fingerprint density at radius 3 is 2.20 bits per heavy atom. The third-order valence-corrected chi connectivity index (χ3v) is 8.93. The third kappa shape index (κ3) is 5.11. The Morgan fingerprint density at radius 1 is 1.06 bits per heavy atom. The molecule has 1 saturated carbocycles. The van der Waals surface area contributed by atoms with E-state index >= 15 is 0 Å². The Morgan fingerprint density at radius 2 is 1.66 bits per heavy atom. The van der Waals surface area contributed by atoms with Gasteiger partial charge in [0.1, 0.15) is 5.54 Å². The fourth-order valence-electron chi connectivity index (χ4n) is 5.81. The van der Waals surface area contributed by atoms with Crippen LogP contribution in [0.2, 0.25) is 0 Å². The number of imide groups is 1. The number of rotatable bonds is 6. The van der Waals surface area contributed by atoms with Crippen LogP contribution < -0.4 is 5.32 Å². The quantitative estimate of drug-likeness (QED) is 0.609. The summed E-state index contributed by atoms with van der Waals surface area (Å²) in [5, 5.41) is 3.06. The van der Waals surface area contributed by atoms with Gasteiger partial charge in [-0.15, -0.1) is 0 Å². The normalized spacial score (nSPS) is 26.1. The molecule has 0 unspecified atom stereocenters. The minimum absolute atomic E-state index is 0.0423. The molecule has 4 rings (SSSR count). The van der Waals surface area contributed by atoms with Gasteiger partial charge < -0.3 is 10.2 Å². The Hall–Kier alpha value is -2.41. The van der Waals surface area contributed by atoms with Crippen LogP contribution in [0, 0.1) is 11.3 Å². The van der Waals surface area contributed by atoms with Gasteiger partial charge in [-0.2, -0.15) is 0 Å². The maximum absolute atomic E-state index is 13.4. The van der Waals surface area contributed by atoms with Crippen LogP contribution in [0.25, 0.3) is 0 Å². The van der Waals surface area contributed by atoms with Gasteiger partial charge in [-0.3, -0.25) is 14.5 Å². The van der Waals surface area contributed by atoms with Gasteiger partial charge in [-0.05, 0) is 60.6 Å². The van der Waals surface area contributed by atoms with E-state index in [2.05, 4.69) is 44.8 Å². The number of nitrogens with zero attached hydrogens (tertiary/aromatic N) is 3. The summed E-state index contributed by atoms with van der Waals surface area (Å²) in [4.78, 5) is 44.5. The summed E-state index contributed by atoms with van der Waals surface area (Å²) in [6.45, 7) is 13.9. The second kappa shape index (κ2) is 9.92. The van der Waals surface area contributed by atoms with Crippen LogP contribution in [0.15, 0.2) is 24.3 Å². The molecule has 35 heavy (non-hydrogen) atoms. The number of hydrogen-bond donors (Lipinski definition) is 1. The van der Waals surface area contributed by atoms with E-state index < -0.39 is 5.54 Å². The number of benzene rings is 1. The molecule has 2 heterocycles. The van der Waals surface area contributed by atoms with Gasteiger partial charge >= 0.3 is 6.03 Å². The molecule has 1 spiro atoms. The summed E-state index contributed by atoms with van der Waals surface area (Å²) in [6, 6.07) is 7.60. The van der Waals surface area contributed by atoms with Crippen molar-refractivity contribution in [3.8, 4) is 0 Å². The van der Waals surface area contributed by atoms with Crippen LogP contribution in [0.3, 0.4) is 0 Å². The molecule has 0 aromatic heterocycles. The third-order valence-electron chi connectivity index (χ3n) is 8.93. The lowest BCUT2D eigenvalue weighted by atomic mass is 9.65. The Labute approximate surface area is 210 Å². The fraction of sp³-hybridized carbons (Fsp3) is 0.679. The lowest BCUT2D eigenvalue weighted by Crippen LogP contribution is -2.53. The SMILES string of the molecule is CCC(C)(C)C1CCC2(CC1)NC(=O)N(CN1CCN(C(=O)c3ccc(C(C)C)cc3)CC1)C2=O. The number of carbonyl (C=O) groups excluding carboxylic acids is 3. The van der Waals surface area contributed by atoms with Gasteiger partial charge in [0.25, 0.3) is 11.8 Å². The first-order valence-corrected chi connectivity index (χ1v) is 13.3. The molecule has 7 heteroatoms. The number of amides is 4. The van der Waals surface area contributed by atoms with Crippen LogP contribution in [-0.4, -0.2) is 70.9 Å². The average Bonchev–Trinajstić information content (AvgIpc) is 3.08. The van der Waals surface area contributed by atoms with Crippen molar-refractivity contribution in [3.05, 3.63) is 35.4 Å². The van der Waals surface area contributed by atoms with E-state index in [4.69, 9.17) is 0 Å². The molecule has 3 aliphatic rings. The molecule has 1 aromatic carbocycles. The van der Waals surface area contributed by atoms with E-state index in [1.807, 2.05) is 29.2 Å². The summed E-state index contributed by atoms with van der Waals surface area (Å²) in [5.41, 5.74) is 1.47. The van der Waals surface area contributed by atoms with E-state index in [1.165, 1.54) is 10.5 Å². The standard InChI is InChI=1S/C28H42N4O3/c1-6-27(4,5)23-11-13-28(14-12-23)25(34)32(26(35)29-28)19-30-15-17-31(18-16-30)24(33)22-9-7-21(8-10-22)20(2)3/h7-10,20,23H,6,11-19H2,1-5H3,(H,29,35). The second-order valence-electron chi connectivity index (χ2n) is 11.7. The predicted octanol–water partition coefficient (Wildman–Crippen LogP) is 4.44. The Balaban J connectivity index is 1.30. The van der Waals surface area contributed by atoms with E-state index in [0.29, 0.717) is 50.2 Å². The van der Waals surface area contributed by atoms with E-state index in [1.54, 1.807) is 0 Å². The lowest BCUT2D eigenvalue weighted by molar-refractivity contribution is -0.134. The van der Waals surface area contributed by atoms with Gasteiger partial charge in [0.2, 0.25) is 0 Å². The molecule has 1 N–H and O–H groups in total. The second-order valence-corrected chi connectivity index (χ2v) is 11.7. The number of piperazine rings is 1. The van der Waals surface area contributed by atoms with Gasteiger partial charge in [0.05, 0.1) is 6.67 Å². The molecule has 0 atom stereocenters. The van der Waals surface area contributed by atoms with E-state index in [0.717, 1.165) is 32.1 Å². The van der Waals surface area contributed by atoms with E-state index in [-0.39, 0.29) is 23.3 Å². The lowest BCUT2D eigenvalue weighted by Gasteiger charge is -2.42. The van der Waals surface area contributed by atoms with Crippen LogP contribution >= 0.6 is 0 Å². The summed E-state index contributed by atoms with van der Waals surface area (Å²) < 4.78 is 0. The molecule has 3 fully saturated rings. The number of urea groups is 1. The molecule has 0 bridgehead atoms. The topological polar surface area (TPSA) is 73.0 Å². The van der Waals surface area contributed by atoms with Gasteiger partial charge in [-0.25, -0.2) is 9.69 Å². The predicted molar refractivity (Wildman–Crippen MR) is 137 cm³/mol. The molecular formula is C28H42N4O3. The van der Waals surface area contributed by atoms with Gasteiger partial charge in [0, 0.05) is 31.7 Å². The summed E-state index contributed by atoms with van der Waals surface area (Å²) in [5.74, 6) is 0.995.